The highest BCUT2D eigenvalue weighted by molar-refractivity contribution is 6.35. The van der Waals surface area contributed by atoms with Crippen molar-refractivity contribution >= 4 is 41.1 Å². The van der Waals surface area contributed by atoms with Gasteiger partial charge in [-0.3, -0.25) is 10.2 Å². The van der Waals surface area contributed by atoms with Crippen LogP contribution >= 0.6 is 23.2 Å². The smallest absolute Gasteiger partial charge is 0.266 e. The lowest BCUT2D eigenvalue weighted by Gasteiger charge is -2.30. The van der Waals surface area contributed by atoms with E-state index in [0.29, 0.717) is 52.4 Å². The van der Waals surface area contributed by atoms with E-state index in [2.05, 4.69) is 23.0 Å². The van der Waals surface area contributed by atoms with Crippen LogP contribution in [-0.4, -0.2) is 42.2 Å². The van der Waals surface area contributed by atoms with Crippen molar-refractivity contribution in [3.8, 4) is 5.75 Å². The molecule has 1 heterocycles. The van der Waals surface area contributed by atoms with Gasteiger partial charge in [0.15, 0.2) is 11.6 Å². The standard InChI is InChI=1S/C38H39Cl2N3O4/c39-31-19-22-33(34(40)27-31)35-38(23-9-16-29-13-5-2-6-14-29,37(45)43-41-24-8-7-15-28-11-3-1-4-12-28)42-36(47-35)30-17-20-32(21-18-30)46-26-10-25-44/h1-6,9,11-14,16-22,27,35,41,44H,7-8,10,15,23-26H2,(H,43,45)/b16-9+/t35-,38-/m0/s1. The number of carbonyl (C=O) groups excluding carboxylic acids is 1. The van der Waals surface area contributed by atoms with Gasteiger partial charge in [0.05, 0.1) is 6.61 Å². The summed E-state index contributed by atoms with van der Waals surface area (Å²) in [5.74, 6) is 0.631. The zero-order valence-electron chi connectivity index (χ0n) is 26.1. The van der Waals surface area contributed by atoms with Crippen LogP contribution in [0.4, 0.5) is 0 Å². The number of rotatable bonds is 16. The van der Waals surface area contributed by atoms with E-state index in [0.717, 1.165) is 24.8 Å². The molecular weight excluding hydrogens is 633 g/mol. The Morgan fingerprint density at radius 2 is 1.68 bits per heavy atom. The quantitative estimate of drug-likeness (QED) is 0.0837. The second kappa shape index (κ2) is 17.1. The number of aliphatic hydroxyl groups excluding tert-OH is 1. The van der Waals surface area contributed by atoms with Gasteiger partial charge in [0, 0.05) is 47.2 Å². The third-order valence-corrected chi connectivity index (χ3v) is 8.44. The number of aryl methyl sites for hydroxylation is 1. The van der Waals surface area contributed by atoms with Crippen molar-refractivity contribution in [3.05, 3.63) is 142 Å². The largest absolute Gasteiger partial charge is 0.494 e. The Bertz CT molecular complexity index is 1650. The summed E-state index contributed by atoms with van der Waals surface area (Å²) in [5.41, 5.74) is 8.24. The number of amides is 1. The number of ether oxygens (including phenoxy) is 2. The van der Waals surface area contributed by atoms with Crippen molar-refractivity contribution in [2.24, 2.45) is 4.99 Å². The van der Waals surface area contributed by atoms with Gasteiger partial charge in [-0.25, -0.2) is 10.4 Å². The first-order chi connectivity index (χ1) is 23.0. The molecule has 47 heavy (non-hydrogen) atoms. The average Bonchev–Trinajstić information content (AvgIpc) is 3.48. The van der Waals surface area contributed by atoms with E-state index in [9.17, 15) is 4.79 Å². The highest BCUT2D eigenvalue weighted by Gasteiger charge is 2.53. The molecule has 3 N–H and O–H groups in total. The lowest BCUT2D eigenvalue weighted by Crippen LogP contribution is -2.52. The van der Waals surface area contributed by atoms with Crippen LogP contribution < -0.4 is 15.6 Å². The van der Waals surface area contributed by atoms with Gasteiger partial charge in [-0.2, -0.15) is 0 Å². The van der Waals surface area contributed by atoms with Crippen molar-refractivity contribution in [1.82, 2.24) is 10.9 Å². The summed E-state index contributed by atoms with van der Waals surface area (Å²) in [6.07, 6.45) is 6.66. The van der Waals surface area contributed by atoms with Crippen molar-refractivity contribution in [2.45, 2.75) is 43.7 Å². The number of aliphatic hydroxyl groups is 1. The Morgan fingerprint density at radius 1 is 0.936 bits per heavy atom. The van der Waals surface area contributed by atoms with Crippen LogP contribution in [0, 0.1) is 0 Å². The van der Waals surface area contributed by atoms with Crippen LogP contribution in [-0.2, 0) is 16.0 Å². The maximum Gasteiger partial charge on any atom is 0.266 e. The number of hydrazine groups is 1. The van der Waals surface area contributed by atoms with Gasteiger partial charge in [-0.15, -0.1) is 0 Å². The first-order valence-corrected chi connectivity index (χ1v) is 16.6. The van der Waals surface area contributed by atoms with E-state index in [-0.39, 0.29) is 18.9 Å². The highest BCUT2D eigenvalue weighted by atomic mass is 35.5. The van der Waals surface area contributed by atoms with Gasteiger partial charge in [0.25, 0.3) is 5.91 Å². The van der Waals surface area contributed by atoms with Crippen LogP contribution in [0.2, 0.25) is 10.0 Å². The third-order valence-electron chi connectivity index (χ3n) is 7.88. The van der Waals surface area contributed by atoms with Gasteiger partial charge in [-0.05, 0) is 66.8 Å². The molecule has 1 amide bonds. The molecule has 4 aromatic rings. The molecule has 0 radical (unpaired) electrons. The van der Waals surface area contributed by atoms with E-state index < -0.39 is 11.6 Å². The van der Waals surface area contributed by atoms with Crippen LogP contribution in [0.15, 0.2) is 114 Å². The van der Waals surface area contributed by atoms with E-state index >= 15 is 0 Å². The number of carbonyl (C=O) groups is 1. The molecular formula is C38H39Cl2N3O4. The summed E-state index contributed by atoms with van der Waals surface area (Å²) < 4.78 is 12.3. The minimum absolute atomic E-state index is 0.0583. The molecule has 0 saturated heterocycles. The zero-order valence-corrected chi connectivity index (χ0v) is 27.6. The molecule has 7 nitrogen and oxygen atoms in total. The Labute approximate surface area is 286 Å². The fraction of sp³-hybridized carbons (Fsp3) is 0.263. The van der Waals surface area contributed by atoms with Crippen molar-refractivity contribution in [3.63, 3.8) is 0 Å². The molecule has 5 rings (SSSR count). The fourth-order valence-corrected chi connectivity index (χ4v) is 5.89. The summed E-state index contributed by atoms with van der Waals surface area (Å²) in [7, 11) is 0. The van der Waals surface area contributed by atoms with Gasteiger partial charge in [0.1, 0.15) is 5.75 Å². The SMILES string of the molecule is O=C(NNCCCCc1ccccc1)[C@@]1(C/C=C/c2ccccc2)N=C(c2ccc(OCCCO)cc2)O[C@H]1c1ccc(Cl)cc1Cl. The third kappa shape index (κ3) is 9.24. The fourth-order valence-electron chi connectivity index (χ4n) is 5.38. The van der Waals surface area contributed by atoms with Gasteiger partial charge >= 0.3 is 0 Å². The molecule has 0 unspecified atom stereocenters. The van der Waals surface area contributed by atoms with Crippen molar-refractivity contribution < 1.29 is 19.4 Å². The number of hydrogen-bond acceptors (Lipinski definition) is 6. The molecule has 244 valence electrons. The Hall–Kier alpha value is -4.14. The molecule has 0 aromatic heterocycles. The minimum atomic E-state index is -1.40. The maximum atomic E-state index is 14.3. The van der Waals surface area contributed by atoms with E-state index in [1.165, 1.54) is 5.56 Å². The molecule has 4 aromatic carbocycles. The number of benzene rings is 4. The average molecular weight is 673 g/mol. The number of nitrogens with zero attached hydrogens (tertiary/aromatic N) is 1. The first kappa shape index (κ1) is 34.2. The van der Waals surface area contributed by atoms with Crippen LogP contribution in [0.5, 0.6) is 5.75 Å². The molecule has 1 aliphatic heterocycles. The normalized spacial score (nSPS) is 17.3. The molecule has 2 atom stereocenters. The lowest BCUT2D eigenvalue weighted by atomic mass is 9.84. The number of nitrogens with one attached hydrogen (secondary N) is 2. The number of halogens is 2. The van der Waals surface area contributed by atoms with Gasteiger partial charge in [-0.1, -0.05) is 102 Å². The molecule has 1 aliphatic rings. The summed E-state index contributed by atoms with van der Waals surface area (Å²) in [6.45, 7) is 1.06. The molecule has 0 spiro atoms. The monoisotopic (exact) mass is 671 g/mol. The Morgan fingerprint density at radius 3 is 2.40 bits per heavy atom. The topological polar surface area (TPSA) is 92.2 Å². The number of aliphatic imine (C=N–C) groups is 1. The van der Waals surface area contributed by atoms with Gasteiger partial charge in [0.2, 0.25) is 5.90 Å². The minimum Gasteiger partial charge on any atom is -0.494 e. The molecule has 9 heteroatoms. The van der Waals surface area contributed by atoms with Crippen LogP contribution in [0.25, 0.3) is 6.08 Å². The summed E-state index contributed by atoms with van der Waals surface area (Å²) >= 11 is 13.0. The molecule has 0 bridgehead atoms. The van der Waals surface area contributed by atoms with Crippen molar-refractivity contribution in [2.75, 3.05) is 19.8 Å². The van der Waals surface area contributed by atoms with E-state index in [1.54, 1.807) is 18.2 Å². The molecule has 0 fully saturated rings. The van der Waals surface area contributed by atoms with Crippen molar-refractivity contribution in [1.29, 1.82) is 0 Å². The predicted octanol–water partition coefficient (Wildman–Crippen LogP) is 7.76. The lowest BCUT2D eigenvalue weighted by molar-refractivity contribution is -0.129. The number of hydrogen-bond donors (Lipinski definition) is 3. The zero-order chi connectivity index (χ0) is 32.9. The maximum absolute atomic E-state index is 14.3. The summed E-state index contributed by atoms with van der Waals surface area (Å²) in [6, 6.07) is 32.7. The number of unbranched alkanes of at least 4 members (excludes halogenated alkanes) is 1. The van der Waals surface area contributed by atoms with Crippen LogP contribution in [0.3, 0.4) is 0 Å². The highest BCUT2D eigenvalue weighted by Crippen LogP contribution is 2.45. The molecule has 0 saturated carbocycles. The first-order valence-electron chi connectivity index (χ1n) is 15.8. The van der Waals surface area contributed by atoms with Crippen LogP contribution in [0.1, 0.15) is 54.0 Å². The van der Waals surface area contributed by atoms with E-state index in [4.69, 9.17) is 42.8 Å². The second-order valence-electron chi connectivity index (χ2n) is 11.3. The Kier molecular flexibility index (Phi) is 12.5. The van der Waals surface area contributed by atoms with Gasteiger partial charge < -0.3 is 14.6 Å². The summed E-state index contributed by atoms with van der Waals surface area (Å²) in [4.78, 5) is 19.3. The Balaban J connectivity index is 1.41. The molecule has 0 aliphatic carbocycles. The second-order valence-corrected chi connectivity index (χ2v) is 12.1. The predicted molar refractivity (Wildman–Crippen MR) is 189 cm³/mol. The van der Waals surface area contributed by atoms with E-state index in [1.807, 2.05) is 84.9 Å². The summed E-state index contributed by atoms with van der Waals surface area (Å²) in [5, 5.41) is 9.93.